The lowest BCUT2D eigenvalue weighted by molar-refractivity contribution is -0.139. The highest BCUT2D eigenvalue weighted by atomic mass is 16.5. The molecule has 2 aromatic carbocycles. The van der Waals surface area contributed by atoms with E-state index in [1.165, 1.54) is 6.07 Å². The van der Waals surface area contributed by atoms with Crippen LogP contribution in [0, 0.1) is 12.8 Å². The van der Waals surface area contributed by atoms with Crippen LogP contribution in [0.15, 0.2) is 42.5 Å². The minimum Gasteiger partial charge on any atom is -0.482 e. The van der Waals surface area contributed by atoms with Crippen LogP contribution < -0.4 is 15.4 Å². The average Bonchev–Trinajstić information content (AvgIpc) is 2.62. The van der Waals surface area contributed by atoms with E-state index in [2.05, 4.69) is 10.6 Å². The van der Waals surface area contributed by atoms with Crippen LogP contribution in [0.25, 0.3) is 0 Å². The lowest BCUT2D eigenvalue weighted by Crippen LogP contribution is -2.18. The number of hydrogen-bond acceptors (Lipinski definition) is 4. The highest BCUT2D eigenvalue weighted by molar-refractivity contribution is 6.05. The standard InChI is InChI=1S/C20H22N2O5/c1-12(2)19(25)21-15-8-7-13(3)17(10-15)22-20(26)14-5-4-6-16(9-14)27-11-18(23)24/h4-10,12H,11H2,1-3H3,(H,21,25)(H,22,26)(H,23,24). The molecule has 0 aliphatic carbocycles. The molecule has 2 rings (SSSR count). The first-order valence-corrected chi connectivity index (χ1v) is 8.44. The smallest absolute Gasteiger partial charge is 0.341 e. The first-order chi connectivity index (χ1) is 12.8. The van der Waals surface area contributed by atoms with Crippen molar-refractivity contribution in [3.05, 3.63) is 53.6 Å². The van der Waals surface area contributed by atoms with Gasteiger partial charge >= 0.3 is 5.97 Å². The van der Waals surface area contributed by atoms with E-state index in [1.807, 2.05) is 6.92 Å². The minimum atomic E-state index is -1.10. The lowest BCUT2D eigenvalue weighted by atomic mass is 10.1. The molecular formula is C20H22N2O5. The second-order valence-electron chi connectivity index (χ2n) is 6.34. The molecule has 0 aliphatic rings. The van der Waals surface area contributed by atoms with Gasteiger partial charge in [0.05, 0.1) is 0 Å². The van der Waals surface area contributed by atoms with Crippen molar-refractivity contribution >= 4 is 29.2 Å². The van der Waals surface area contributed by atoms with Gasteiger partial charge in [-0.15, -0.1) is 0 Å². The third-order valence-corrected chi connectivity index (χ3v) is 3.74. The van der Waals surface area contributed by atoms with Gasteiger partial charge in [0.1, 0.15) is 5.75 Å². The first kappa shape index (κ1) is 20.0. The van der Waals surface area contributed by atoms with Crippen molar-refractivity contribution < 1.29 is 24.2 Å². The summed E-state index contributed by atoms with van der Waals surface area (Å²) < 4.78 is 5.09. The molecule has 0 spiro atoms. The van der Waals surface area contributed by atoms with E-state index in [4.69, 9.17) is 9.84 Å². The van der Waals surface area contributed by atoms with E-state index in [1.54, 1.807) is 50.2 Å². The van der Waals surface area contributed by atoms with Gasteiger partial charge in [-0.05, 0) is 42.8 Å². The molecule has 0 aliphatic heterocycles. The summed E-state index contributed by atoms with van der Waals surface area (Å²) in [7, 11) is 0. The van der Waals surface area contributed by atoms with Gasteiger partial charge in [0.2, 0.25) is 5.91 Å². The Morgan fingerprint density at radius 2 is 1.81 bits per heavy atom. The van der Waals surface area contributed by atoms with Crippen LogP contribution in [0.1, 0.15) is 29.8 Å². The number of benzene rings is 2. The third kappa shape index (κ3) is 5.85. The largest absolute Gasteiger partial charge is 0.482 e. The molecule has 7 nitrogen and oxygen atoms in total. The molecule has 0 aromatic heterocycles. The van der Waals surface area contributed by atoms with Crippen LogP contribution in [0.2, 0.25) is 0 Å². The summed E-state index contributed by atoms with van der Waals surface area (Å²) in [5.41, 5.74) is 2.32. The number of aryl methyl sites for hydroxylation is 1. The van der Waals surface area contributed by atoms with Crippen molar-refractivity contribution in [2.24, 2.45) is 5.92 Å². The molecule has 2 amide bonds. The van der Waals surface area contributed by atoms with Crippen LogP contribution in [-0.2, 0) is 9.59 Å². The highest BCUT2D eigenvalue weighted by Gasteiger charge is 2.12. The maximum atomic E-state index is 12.5. The van der Waals surface area contributed by atoms with E-state index in [-0.39, 0.29) is 17.7 Å². The average molecular weight is 370 g/mol. The maximum Gasteiger partial charge on any atom is 0.341 e. The monoisotopic (exact) mass is 370 g/mol. The zero-order valence-electron chi connectivity index (χ0n) is 15.4. The van der Waals surface area contributed by atoms with Gasteiger partial charge in [-0.3, -0.25) is 9.59 Å². The molecule has 0 fully saturated rings. The number of anilines is 2. The number of aliphatic carboxylic acids is 1. The molecule has 7 heteroatoms. The number of ether oxygens (including phenoxy) is 1. The summed E-state index contributed by atoms with van der Waals surface area (Å²) in [4.78, 5) is 35.0. The van der Waals surface area contributed by atoms with Gasteiger partial charge in [0.25, 0.3) is 5.91 Å². The number of nitrogens with one attached hydrogen (secondary N) is 2. The Hall–Kier alpha value is -3.35. The Balaban J connectivity index is 2.14. The molecule has 2 aromatic rings. The fourth-order valence-corrected chi connectivity index (χ4v) is 2.19. The summed E-state index contributed by atoms with van der Waals surface area (Å²) in [6.45, 7) is 4.95. The van der Waals surface area contributed by atoms with E-state index in [9.17, 15) is 14.4 Å². The Morgan fingerprint density at radius 1 is 1.07 bits per heavy atom. The van der Waals surface area contributed by atoms with Crippen molar-refractivity contribution in [3.8, 4) is 5.75 Å². The van der Waals surface area contributed by atoms with Gasteiger partial charge in [-0.2, -0.15) is 0 Å². The predicted molar refractivity (Wildman–Crippen MR) is 102 cm³/mol. The lowest BCUT2D eigenvalue weighted by Gasteiger charge is -2.13. The number of amides is 2. The number of carbonyl (C=O) groups is 3. The molecule has 0 bridgehead atoms. The molecule has 0 atom stereocenters. The van der Waals surface area contributed by atoms with Crippen molar-refractivity contribution in [2.45, 2.75) is 20.8 Å². The summed E-state index contributed by atoms with van der Waals surface area (Å²) in [5, 5.41) is 14.3. The highest BCUT2D eigenvalue weighted by Crippen LogP contribution is 2.22. The number of carboxylic acids is 1. The molecule has 3 N–H and O–H groups in total. The van der Waals surface area contributed by atoms with E-state index >= 15 is 0 Å². The van der Waals surface area contributed by atoms with Crippen LogP contribution in [0.4, 0.5) is 11.4 Å². The van der Waals surface area contributed by atoms with E-state index in [0.717, 1.165) is 5.56 Å². The number of carboxylic acid groups (broad SMARTS) is 1. The maximum absolute atomic E-state index is 12.5. The summed E-state index contributed by atoms with van der Waals surface area (Å²) in [6.07, 6.45) is 0. The molecule has 0 unspecified atom stereocenters. The summed E-state index contributed by atoms with van der Waals surface area (Å²) in [6, 6.07) is 11.5. The van der Waals surface area contributed by atoms with Gasteiger partial charge < -0.3 is 20.5 Å². The van der Waals surface area contributed by atoms with Crippen molar-refractivity contribution in [1.82, 2.24) is 0 Å². The zero-order valence-corrected chi connectivity index (χ0v) is 15.4. The SMILES string of the molecule is Cc1ccc(NC(=O)C(C)C)cc1NC(=O)c1cccc(OCC(=O)O)c1. The Bertz CT molecular complexity index is 861. The van der Waals surface area contributed by atoms with Crippen molar-refractivity contribution in [1.29, 1.82) is 0 Å². The van der Waals surface area contributed by atoms with Gasteiger partial charge in [0.15, 0.2) is 6.61 Å². The number of hydrogen-bond donors (Lipinski definition) is 3. The van der Waals surface area contributed by atoms with Crippen LogP contribution in [0.5, 0.6) is 5.75 Å². The van der Waals surface area contributed by atoms with Gasteiger partial charge in [-0.25, -0.2) is 4.79 Å². The van der Waals surface area contributed by atoms with Crippen LogP contribution in [-0.4, -0.2) is 29.5 Å². The van der Waals surface area contributed by atoms with E-state index < -0.39 is 12.6 Å². The third-order valence-electron chi connectivity index (χ3n) is 3.74. The summed E-state index contributed by atoms with van der Waals surface area (Å²) in [5.74, 6) is -1.44. The van der Waals surface area contributed by atoms with Crippen molar-refractivity contribution in [3.63, 3.8) is 0 Å². The Morgan fingerprint density at radius 3 is 2.48 bits per heavy atom. The molecule has 0 radical (unpaired) electrons. The molecule has 0 saturated heterocycles. The Kier molecular flexibility index (Phi) is 6.54. The zero-order chi connectivity index (χ0) is 20.0. The van der Waals surface area contributed by atoms with Crippen LogP contribution in [0.3, 0.4) is 0 Å². The normalized spacial score (nSPS) is 10.4. The second kappa shape index (κ2) is 8.84. The number of carbonyl (C=O) groups excluding carboxylic acids is 2. The fraction of sp³-hybridized carbons (Fsp3) is 0.250. The fourth-order valence-electron chi connectivity index (χ4n) is 2.19. The minimum absolute atomic E-state index is 0.112. The Labute approximate surface area is 157 Å². The number of rotatable bonds is 7. The second-order valence-corrected chi connectivity index (χ2v) is 6.34. The van der Waals surface area contributed by atoms with Gasteiger partial charge in [0, 0.05) is 22.9 Å². The van der Waals surface area contributed by atoms with Gasteiger partial charge in [-0.1, -0.05) is 26.0 Å². The molecule has 0 heterocycles. The molecule has 0 saturated carbocycles. The molecule has 142 valence electrons. The van der Waals surface area contributed by atoms with Crippen LogP contribution >= 0.6 is 0 Å². The quantitative estimate of drug-likeness (QED) is 0.693. The topological polar surface area (TPSA) is 105 Å². The van der Waals surface area contributed by atoms with Crippen molar-refractivity contribution in [2.75, 3.05) is 17.2 Å². The first-order valence-electron chi connectivity index (χ1n) is 8.44. The molecular weight excluding hydrogens is 348 g/mol. The van der Waals surface area contributed by atoms with E-state index in [0.29, 0.717) is 22.7 Å². The summed E-state index contributed by atoms with van der Waals surface area (Å²) >= 11 is 0. The predicted octanol–water partition coefficient (Wildman–Crippen LogP) is 3.31. The molecule has 27 heavy (non-hydrogen) atoms.